The first-order valence-electron chi connectivity index (χ1n) is 4.97. The lowest BCUT2D eigenvalue weighted by Gasteiger charge is -2.16. The van der Waals surface area contributed by atoms with Gasteiger partial charge in [0.05, 0.1) is 16.3 Å². The van der Waals surface area contributed by atoms with Crippen molar-refractivity contribution in [1.82, 2.24) is 10.3 Å². The van der Waals surface area contributed by atoms with Crippen LogP contribution in [0.3, 0.4) is 0 Å². The van der Waals surface area contributed by atoms with Crippen LogP contribution in [0.2, 0.25) is 0 Å². The Hall–Kier alpha value is -1.20. The van der Waals surface area contributed by atoms with Gasteiger partial charge in [0.1, 0.15) is 0 Å². The number of aromatic nitrogens is 1. The molecule has 1 aromatic rings. The standard InChI is InChI=1S/C11H16N2O2S/c1-8-13-9(6-16-8)4-5-10(14)12-7-11(2,3)15/h4-6,15H,7H2,1-3H3,(H,12,14). The van der Waals surface area contributed by atoms with E-state index in [1.807, 2.05) is 12.3 Å². The van der Waals surface area contributed by atoms with Crippen molar-refractivity contribution in [1.29, 1.82) is 0 Å². The number of hydrogen-bond acceptors (Lipinski definition) is 4. The second-order valence-corrected chi connectivity index (χ2v) is 5.22. The average Bonchev–Trinajstić information content (AvgIpc) is 2.57. The van der Waals surface area contributed by atoms with Gasteiger partial charge in [-0.25, -0.2) is 4.98 Å². The van der Waals surface area contributed by atoms with E-state index in [0.29, 0.717) is 0 Å². The van der Waals surface area contributed by atoms with Gasteiger partial charge in [-0.05, 0) is 26.8 Å². The van der Waals surface area contributed by atoms with Gasteiger partial charge >= 0.3 is 0 Å². The van der Waals surface area contributed by atoms with Crippen LogP contribution in [0.5, 0.6) is 0 Å². The monoisotopic (exact) mass is 240 g/mol. The van der Waals surface area contributed by atoms with Gasteiger partial charge in [-0.1, -0.05) is 0 Å². The lowest BCUT2D eigenvalue weighted by Crippen LogP contribution is -2.37. The number of carbonyl (C=O) groups excluding carboxylic acids is 1. The maximum absolute atomic E-state index is 11.3. The average molecular weight is 240 g/mol. The first kappa shape index (κ1) is 12.9. The molecule has 0 aliphatic heterocycles. The van der Waals surface area contributed by atoms with Crippen molar-refractivity contribution >= 4 is 23.3 Å². The highest BCUT2D eigenvalue weighted by Crippen LogP contribution is 2.08. The highest BCUT2D eigenvalue weighted by atomic mass is 32.1. The number of nitrogens with zero attached hydrogens (tertiary/aromatic N) is 1. The topological polar surface area (TPSA) is 62.2 Å². The molecule has 0 radical (unpaired) electrons. The van der Waals surface area contributed by atoms with E-state index in [4.69, 9.17) is 0 Å². The van der Waals surface area contributed by atoms with Crippen LogP contribution in [-0.4, -0.2) is 28.1 Å². The normalized spacial score (nSPS) is 12.0. The molecule has 88 valence electrons. The van der Waals surface area contributed by atoms with E-state index in [-0.39, 0.29) is 12.5 Å². The van der Waals surface area contributed by atoms with Gasteiger partial charge in [0, 0.05) is 18.0 Å². The Morgan fingerprint density at radius 1 is 1.69 bits per heavy atom. The molecule has 0 atom stereocenters. The van der Waals surface area contributed by atoms with Crippen molar-refractivity contribution in [3.8, 4) is 0 Å². The number of aryl methyl sites for hydroxylation is 1. The number of amides is 1. The van der Waals surface area contributed by atoms with E-state index in [1.54, 1.807) is 19.9 Å². The molecule has 0 aromatic carbocycles. The van der Waals surface area contributed by atoms with Crippen LogP contribution >= 0.6 is 11.3 Å². The summed E-state index contributed by atoms with van der Waals surface area (Å²) in [6.07, 6.45) is 3.07. The van der Waals surface area contributed by atoms with Gasteiger partial charge in [0.25, 0.3) is 0 Å². The summed E-state index contributed by atoms with van der Waals surface area (Å²) in [5, 5.41) is 14.9. The molecule has 1 amide bonds. The molecule has 0 saturated heterocycles. The van der Waals surface area contributed by atoms with E-state index in [0.717, 1.165) is 10.7 Å². The zero-order valence-corrected chi connectivity index (χ0v) is 10.5. The quantitative estimate of drug-likeness (QED) is 0.781. The lowest BCUT2D eigenvalue weighted by atomic mass is 10.1. The van der Waals surface area contributed by atoms with E-state index < -0.39 is 5.60 Å². The fraction of sp³-hybridized carbons (Fsp3) is 0.455. The number of thiazole rings is 1. The Morgan fingerprint density at radius 3 is 2.88 bits per heavy atom. The number of rotatable bonds is 4. The van der Waals surface area contributed by atoms with Crippen LogP contribution in [0.1, 0.15) is 24.5 Å². The molecule has 0 bridgehead atoms. The minimum atomic E-state index is -0.888. The SMILES string of the molecule is Cc1nc(C=CC(=O)NCC(C)(C)O)cs1. The Kier molecular flexibility index (Phi) is 4.20. The van der Waals surface area contributed by atoms with Crippen LogP contribution in [0.25, 0.3) is 6.08 Å². The van der Waals surface area contributed by atoms with Crippen LogP contribution in [0.15, 0.2) is 11.5 Å². The molecule has 0 saturated carbocycles. The number of aliphatic hydroxyl groups is 1. The smallest absolute Gasteiger partial charge is 0.244 e. The summed E-state index contributed by atoms with van der Waals surface area (Å²) in [7, 11) is 0. The molecule has 0 aliphatic rings. The van der Waals surface area contributed by atoms with Crippen molar-refractivity contribution in [2.45, 2.75) is 26.4 Å². The fourth-order valence-electron chi connectivity index (χ4n) is 0.980. The predicted molar refractivity (Wildman–Crippen MR) is 65.2 cm³/mol. The molecule has 16 heavy (non-hydrogen) atoms. The first-order chi connectivity index (χ1) is 7.37. The molecular formula is C11H16N2O2S. The van der Waals surface area contributed by atoms with Crippen LogP contribution < -0.4 is 5.32 Å². The van der Waals surface area contributed by atoms with Crippen LogP contribution in [0, 0.1) is 6.92 Å². The zero-order chi connectivity index (χ0) is 12.2. The number of nitrogens with one attached hydrogen (secondary N) is 1. The summed E-state index contributed by atoms with van der Waals surface area (Å²) in [6, 6.07) is 0. The van der Waals surface area contributed by atoms with Gasteiger partial charge in [-0.3, -0.25) is 4.79 Å². The summed E-state index contributed by atoms with van der Waals surface area (Å²) >= 11 is 1.54. The molecule has 2 N–H and O–H groups in total. The molecule has 1 heterocycles. The summed E-state index contributed by atoms with van der Waals surface area (Å²) in [5.41, 5.74) is -0.110. The summed E-state index contributed by atoms with van der Waals surface area (Å²) in [5.74, 6) is -0.229. The Balaban J connectivity index is 2.43. The highest BCUT2D eigenvalue weighted by molar-refractivity contribution is 7.09. The molecule has 0 fully saturated rings. The number of hydrogen-bond donors (Lipinski definition) is 2. The van der Waals surface area contributed by atoms with Crippen molar-refractivity contribution in [3.63, 3.8) is 0 Å². The molecule has 0 spiro atoms. The Bertz CT molecular complexity index is 391. The maximum atomic E-state index is 11.3. The molecule has 1 rings (SSSR count). The third kappa shape index (κ3) is 5.04. The van der Waals surface area contributed by atoms with Gasteiger partial charge in [0.15, 0.2) is 0 Å². The Labute approximate surface area is 99.0 Å². The van der Waals surface area contributed by atoms with Gasteiger partial charge < -0.3 is 10.4 Å². The second-order valence-electron chi connectivity index (χ2n) is 4.15. The third-order valence-electron chi connectivity index (χ3n) is 1.74. The van der Waals surface area contributed by atoms with Crippen molar-refractivity contribution in [2.75, 3.05) is 6.54 Å². The minimum Gasteiger partial charge on any atom is -0.389 e. The van der Waals surface area contributed by atoms with E-state index in [1.165, 1.54) is 17.4 Å². The number of carbonyl (C=O) groups is 1. The molecule has 0 aliphatic carbocycles. The molecular weight excluding hydrogens is 224 g/mol. The molecule has 4 nitrogen and oxygen atoms in total. The fourth-order valence-corrected chi connectivity index (χ4v) is 1.56. The third-order valence-corrected chi connectivity index (χ3v) is 2.53. The minimum absolute atomic E-state index is 0.228. The molecule has 5 heteroatoms. The van der Waals surface area contributed by atoms with Gasteiger partial charge in [-0.2, -0.15) is 0 Å². The van der Waals surface area contributed by atoms with Crippen molar-refractivity contribution < 1.29 is 9.90 Å². The molecule has 1 aromatic heterocycles. The largest absolute Gasteiger partial charge is 0.389 e. The van der Waals surface area contributed by atoms with E-state index in [2.05, 4.69) is 10.3 Å². The summed E-state index contributed by atoms with van der Waals surface area (Å²) in [6.45, 7) is 5.42. The van der Waals surface area contributed by atoms with Gasteiger partial charge in [0.2, 0.25) is 5.91 Å². The summed E-state index contributed by atoms with van der Waals surface area (Å²) in [4.78, 5) is 15.5. The van der Waals surface area contributed by atoms with Gasteiger partial charge in [-0.15, -0.1) is 11.3 Å². The second kappa shape index (κ2) is 5.23. The zero-order valence-electron chi connectivity index (χ0n) is 9.65. The maximum Gasteiger partial charge on any atom is 0.244 e. The summed E-state index contributed by atoms with van der Waals surface area (Å²) < 4.78 is 0. The predicted octanol–water partition coefficient (Wildman–Crippen LogP) is 1.35. The van der Waals surface area contributed by atoms with E-state index >= 15 is 0 Å². The Morgan fingerprint density at radius 2 is 2.38 bits per heavy atom. The van der Waals surface area contributed by atoms with Crippen molar-refractivity contribution in [3.05, 3.63) is 22.2 Å². The van der Waals surface area contributed by atoms with Crippen LogP contribution in [0.4, 0.5) is 0 Å². The lowest BCUT2D eigenvalue weighted by molar-refractivity contribution is -0.117. The van der Waals surface area contributed by atoms with Crippen molar-refractivity contribution in [2.24, 2.45) is 0 Å². The van der Waals surface area contributed by atoms with Crippen LogP contribution in [-0.2, 0) is 4.79 Å². The first-order valence-corrected chi connectivity index (χ1v) is 5.85. The van der Waals surface area contributed by atoms with E-state index in [9.17, 15) is 9.90 Å². The molecule has 0 unspecified atom stereocenters. The highest BCUT2D eigenvalue weighted by Gasteiger charge is 2.12.